The third-order valence-electron chi connectivity index (χ3n) is 6.03. The fraction of sp³-hybridized carbons (Fsp3) is 0.321. The van der Waals surface area contributed by atoms with E-state index in [2.05, 4.69) is 27.3 Å². The predicted octanol–water partition coefficient (Wildman–Crippen LogP) is 5.50. The van der Waals surface area contributed by atoms with E-state index in [9.17, 15) is 9.59 Å². The van der Waals surface area contributed by atoms with Crippen LogP contribution < -0.4 is 5.32 Å². The van der Waals surface area contributed by atoms with Crippen molar-refractivity contribution in [2.45, 2.75) is 52.6 Å². The summed E-state index contributed by atoms with van der Waals surface area (Å²) in [6.45, 7) is 6.16. The quantitative estimate of drug-likeness (QED) is 0.286. The lowest BCUT2D eigenvalue weighted by atomic mass is 10.0. The molecule has 0 aliphatic carbocycles. The van der Waals surface area contributed by atoms with Gasteiger partial charge in [0.15, 0.2) is 0 Å². The van der Waals surface area contributed by atoms with Crippen molar-refractivity contribution < 1.29 is 18.8 Å². The Bertz CT molecular complexity index is 1370. The summed E-state index contributed by atoms with van der Waals surface area (Å²) in [6, 6.07) is 15.1. The van der Waals surface area contributed by atoms with E-state index in [-0.39, 0.29) is 12.5 Å². The first-order chi connectivity index (χ1) is 17.4. The summed E-state index contributed by atoms with van der Waals surface area (Å²) >= 11 is 6.38. The molecule has 0 aliphatic rings. The van der Waals surface area contributed by atoms with Crippen molar-refractivity contribution in [1.82, 2.24) is 15.0 Å². The number of carbonyl (C=O) groups is 2. The predicted molar refractivity (Wildman–Crippen MR) is 140 cm³/mol. The number of benzene rings is 2. The van der Waals surface area contributed by atoms with Gasteiger partial charge in [0.25, 0.3) is 0 Å². The van der Waals surface area contributed by atoms with Crippen molar-refractivity contribution in [3.8, 4) is 11.3 Å². The molecule has 4 aromatic rings. The maximum Gasteiger partial charge on any atom is 0.328 e. The van der Waals surface area contributed by atoms with Crippen LogP contribution in [0.4, 0.5) is 0 Å². The second-order valence-electron chi connectivity index (χ2n) is 8.84. The van der Waals surface area contributed by atoms with Crippen LogP contribution in [0.15, 0.2) is 59.3 Å². The van der Waals surface area contributed by atoms with E-state index in [4.69, 9.17) is 20.9 Å². The van der Waals surface area contributed by atoms with E-state index in [0.29, 0.717) is 11.4 Å². The van der Waals surface area contributed by atoms with Crippen LogP contribution in [0.2, 0.25) is 5.02 Å². The number of ether oxygens (including phenoxy) is 1. The number of amides is 1. The van der Waals surface area contributed by atoms with E-state index in [1.165, 1.54) is 6.92 Å². The molecule has 188 valence electrons. The van der Waals surface area contributed by atoms with Gasteiger partial charge < -0.3 is 19.1 Å². The van der Waals surface area contributed by atoms with Gasteiger partial charge in [0.1, 0.15) is 17.5 Å². The molecule has 7 nitrogen and oxygen atoms in total. The number of esters is 1. The van der Waals surface area contributed by atoms with Gasteiger partial charge in [0.05, 0.1) is 11.6 Å². The number of aromatic nitrogens is 2. The van der Waals surface area contributed by atoms with Crippen LogP contribution in [0.25, 0.3) is 22.2 Å². The van der Waals surface area contributed by atoms with Crippen LogP contribution in [0, 0.1) is 6.92 Å². The van der Waals surface area contributed by atoms with Gasteiger partial charge in [-0.2, -0.15) is 0 Å². The first-order valence-corrected chi connectivity index (χ1v) is 12.5. The number of hydrogen-bond acceptors (Lipinski definition) is 5. The first kappa shape index (κ1) is 25.5. The van der Waals surface area contributed by atoms with Gasteiger partial charge in [-0.05, 0) is 43.5 Å². The number of nitrogens with one attached hydrogen (secondary N) is 1. The van der Waals surface area contributed by atoms with Gasteiger partial charge >= 0.3 is 5.97 Å². The highest BCUT2D eigenvalue weighted by atomic mass is 35.5. The molecule has 1 N–H and O–H groups in total. The fourth-order valence-corrected chi connectivity index (χ4v) is 4.71. The lowest BCUT2D eigenvalue weighted by Gasteiger charge is -2.16. The van der Waals surface area contributed by atoms with Gasteiger partial charge in [0, 0.05) is 55.0 Å². The van der Waals surface area contributed by atoms with Crippen molar-refractivity contribution in [1.29, 1.82) is 0 Å². The second kappa shape index (κ2) is 11.4. The molecule has 8 heteroatoms. The van der Waals surface area contributed by atoms with E-state index in [1.807, 2.05) is 49.4 Å². The molecule has 2 aromatic carbocycles. The third kappa shape index (κ3) is 5.97. The highest BCUT2D eigenvalue weighted by molar-refractivity contribution is 6.33. The Hall–Kier alpha value is -3.58. The van der Waals surface area contributed by atoms with Crippen LogP contribution in [0.3, 0.4) is 0 Å². The maximum atomic E-state index is 12.4. The van der Waals surface area contributed by atoms with Crippen molar-refractivity contribution >= 4 is 34.4 Å². The van der Waals surface area contributed by atoms with Gasteiger partial charge in [-0.1, -0.05) is 47.1 Å². The molecule has 0 aliphatic heterocycles. The monoisotopic (exact) mass is 507 g/mol. The number of nitrogens with zero attached hydrogens (tertiary/aromatic N) is 2. The molecule has 0 saturated carbocycles. The number of fused-ring (bicyclic) bond motifs is 1. The Labute approximate surface area is 215 Å². The van der Waals surface area contributed by atoms with Crippen molar-refractivity contribution in [2.75, 3.05) is 6.61 Å². The van der Waals surface area contributed by atoms with Gasteiger partial charge in [0.2, 0.25) is 5.91 Å². The van der Waals surface area contributed by atoms with Crippen molar-refractivity contribution in [3.63, 3.8) is 0 Å². The molecule has 1 atom stereocenters. The number of hydrogen-bond donors (Lipinski definition) is 1. The minimum absolute atomic E-state index is 0.260. The zero-order valence-electron chi connectivity index (χ0n) is 20.7. The van der Waals surface area contributed by atoms with Gasteiger partial charge in [-0.15, -0.1) is 0 Å². The summed E-state index contributed by atoms with van der Waals surface area (Å²) in [4.78, 5) is 24.1. The Morgan fingerprint density at radius 1 is 1.19 bits per heavy atom. The summed E-state index contributed by atoms with van der Waals surface area (Å²) in [6.07, 6.45) is 3.96. The molecule has 0 bridgehead atoms. The molecule has 2 heterocycles. The van der Waals surface area contributed by atoms with Crippen LogP contribution in [-0.4, -0.2) is 34.2 Å². The Morgan fingerprint density at radius 3 is 2.75 bits per heavy atom. The molecule has 0 spiro atoms. The SMILES string of the molecule is CCOC(=O)[C@H](Cc1cn(CCCc2cc(-c3ccc(C)cc3Cl)no2)c2ccccc12)NC(C)=O. The normalized spacial score (nSPS) is 12.0. The molecule has 0 saturated heterocycles. The van der Waals surface area contributed by atoms with Crippen molar-refractivity contribution in [2.24, 2.45) is 0 Å². The van der Waals surface area contributed by atoms with E-state index in [0.717, 1.165) is 58.4 Å². The summed E-state index contributed by atoms with van der Waals surface area (Å²) in [7, 11) is 0. The first-order valence-electron chi connectivity index (χ1n) is 12.1. The minimum Gasteiger partial charge on any atom is -0.464 e. The molecule has 36 heavy (non-hydrogen) atoms. The summed E-state index contributed by atoms with van der Waals surface area (Å²) in [5.74, 6) is 0.0980. The van der Waals surface area contributed by atoms with Crippen LogP contribution >= 0.6 is 11.6 Å². The number of para-hydroxylation sites is 1. The molecule has 1 amide bonds. The maximum absolute atomic E-state index is 12.4. The highest BCUT2D eigenvalue weighted by Gasteiger charge is 2.23. The molecule has 0 fully saturated rings. The zero-order valence-corrected chi connectivity index (χ0v) is 21.5. The summed E-state index contributed by atoms with van der Waals surface area (Å²) in [5, 5.41) is 8.63. The Kier molecular flexibility index (Phi) is 8.10. The lowest BCUT2D eigenvalue weighted by molar-refractivity contribution is -0.147. The number of carbonyl (C=O) groups excluding carboxylic acids is 2. The lowest BCUT2D eigenvalue weighted by Crippen LogP contribution is -2.42. The van der Waals surface area contributed by atoms with Gasteiger partial charge in [-0.3, -0.25) is 4.79 Å². The van der Waals surface area contributed by atoms with Crippen LogP contribution in [0.1, 0.15) is 37.2 Å². The topological polar surface area (TPSA) is 86.4 Å². The van der Waals surface area contributed by atoms with Crippen LogP contribution in [-0.2, 0) is 33.7 Å². The largest absolute Gasteiger partial charge is 0.464 e. The average Bonchev–Trinajstić information content (AvgIpc) is 3.44. The fourth-order valence-electron chi connectivity index (χ4n) is 4.38. The highest BCUT2D eigenvalue weighted by Crippen LogP contribution is 2.29. The molecule has 0 unspecified atom stereocenters. The Morgan fingerprint density at radius 2 is 2.00 bits per heavy atom. The molecular formula is C28H30ClN3O4. The van der Waals surface area contributed by atoms with Gasteiger partial charge in [-0.25, -0.2) is 4.79 Å². The molecule has 2 aromatic heterocycles. The standard InChI is InChI=1S/C28H30ClN3O4/c1-4-35-28(34)26(30-19(3)33)15-20-17-32(27-10-6-5-9-22(20)27)13-7-8-21-16-25(31-36-21)23-12-11-18(2)14-24(23)29/h5-6,9-12,14,16-17,26H,4,7-8,13,15H2,1-3H3,(H,30,33)/t26-/m0/s1. The second-order valence-corrected chi connectivity index (χ2v) is 9.25. The number of aryl methyl sites for hydroxylation is 3. The smallest absolute Gasteiger partial charge is 0.328 e. The minimum atomic E-state index is -0.733. The van der Waals surface area contributed by atoms with E-state index in [1.54, 1.807) is 6.92 Å². The number of halogens is 1. The zero-order chi connectivity index (χ0) is 25.7. The average molecular weight is 508 g/mol. The summed E-state index contributed by atoms with van der Waals surface area (Å²) in [5.41, 5.74) is 4.73. The van der Waals surface area contributed by atoms with Crippen molar-refractivity contribution in [3.05, 3.63) is 76.6 Å². The van der Waals surface area contributed by atoms with Crippen LogP contribution in [0.5, 0.6) is 0 Å². The number of rotatable bonds is 10. The molecule has 4 rings (SSSR count). The van der Waals surface area contributed by atoms with E-state index >= 15 is 0 Å². The molecular weight excluding hydrogens is 478 g/mol. The summed E-state index contributed by atoms with van der Waals surface area (Å²) < 4.78 is 12.9. The third-order valence-corrected chi connectivity index (χ3v) is 6.34. The Balaban J connectivity index is 1.47. The van der Waals surface area contributed by atoms with E-state index < -0.39 is 12.0 Å². The molecule has 0 radical (unpaired) electrons.